The van der Waals surface area contributed by atoms with Gasteiger partial charge in [0.15, 0.2) is 0 Å². The van der Waals surface area contributed by atoms with Gasteiger partial charge in [0.2, 0.25) is 5.91 Å². The Labute approximate surface area is 101 Å². The maximum atomic E-state index is 12.1. The average molecular weight is 239 g/mol. The van der Waals surface area contributed by atoms with E-state index < -0.39 is 0 Å². The number of nitrogens with two attached hydrogens (primary N) is 1. The molecular formula is C12H18FN3O. The van der Waals surface area contributed by atoms with Gasteiger partial charge in [0.05, 0.1) is 0 Å². The molecule has 1 aromatic rings. The third kappa shape index (κ3) is 5.31. The van der Waals surface area contributed by atoms with E-state index in [0.717, 1.165) is 26.2 Å². The van der Waals surface area contributed by atoms with Crippen LogP contribution in [-0.4, -0.2) is 37.0 Å². The fourth-order valence-corrected chi connectivity index (χ4v) is 1.49. The van der Waals surface area contributed by atoms with Crippen molar-refractivity contribution < 1.29 is 9.18 Å². The standard InChI is InChI=1S/C6H6FN.C6H12N2O/c7-5-2-1-3-6(8)4-5;1-6(9)8-4-2-7-3-5-8/h1-4H,8H2;7H,2-5H2,1H3. The third-order valence-electron chi connectivity index (χ3n) is 2.41. The maximum absolute atomic E-state index is 12.1. The molecule has 1 saturated heterocycles. The first-order chi connectivity index (χ1) is 8.09. The van der Waals surface area contributed by atoms with Gasteiger partial charge < -0.3 is 16.0 Å². The van der Waals surface area contributed by atoms with Crippen molar-refractivity contribution in [3.63, 3.8) is 0 Å². The maximum Gasteiger partial charge on any atom is 0.219 e. The van der Waals surface area contributed by atoms with Gasteiger partial charge >= 0.3 is 0 Å². The molecule has 1 fully saturated rings. The zero-order valence-electron chi connectivity index (χ0n) is 9.95. The summed E-state index contributed by atoms with van der Waals surface area (Å²) >= 11 is 0. The molecule has 0 aromatic heterocycles. The van der Waals surface area contributed by atoms with Crippen LogP contribution in [0.25, 0.3) is 0 Å². The number of carbonyl (C=O) groups is 1. The fourth-order valence-electron chi connectivity index (χ4n) is 1.49. The fraction of sp³-hybridized carbons (Fsp3) is 0.417. The Morgan fingerprint density at radius 1 is 1.41 bits per heavy atom. The van der Waals surface area contributed by atoms with Gasteiger partial charge in [-0.2, -0.15) is 0 Å². The molecule has 1 aliphatic rings. The molecular weight excluding hydrogens is 221 g/mol. The van der Waals surface area contributed by atoms with Crippen LogP contribution in [0, 0.1) is 5.82 Å². The molecule has 17 heavy (non-hydrogen) atoms. The number of nitrogens with one attached hydrogen (secondary N) is 1. The lowest BCUT2D eigenvalue weighted by Gasteiger charge is -2.25. The number of amides is 1. The summed E-state index contributed by atoms with van der Waals surface area (Å²) in [5.41, 5.74) is 5.68. The Bertz CT molecular complexity index is 347. The molecule has 0 bridgehead atoms. The zero-order valence-corrected chi connectivity index (χ0v) is 9.95. The Hall–Kier alpha value is -1.62. The van der Waals surface area contributed by atoms with Crippen molar-refractivity contribution >= 4 is 11.6 Å². The van der Waals surface area contributed by atoms with Crippen molar-refractivity contribution in [2.45, 2.75) is 6.92 Å². The highest BCUT2D eigenvalue weighted by atomic mass is 19.1. The Morgan fingerprint density at radius 3 is 2.41 bits per heavy atom. The van der Waals surface area contributed by atoms with E-state index in [0.29, 0.717) is 5.69 Å². The van der Waals surface area contributed by atoms with Crippen LogP contribution in [-0.2, 0) is 4.79 Å². The van der Waals surface area contributed by atoms with Crippen LogP contribution in [0.2, 0.25) is 0 Å². The van der Waals surface area contributed by atoms with E-state index in [-0.39, 0.29) is 11.7 Å². The molecule has 0 unspecified atom stereocenters. The van der Waals surface area contributed by atoms with Crippen molar-refractivity contribution in [3.8, 4) is 0 Å². The largest absolute Gasteiger partial charge is 0.399 e. The van der Waals surface area contributed by atoms with Gasteiger partial charge in [0.1, 0.15) is 5.82 Å². The van der Waals surface area contributed by atoms with E-state index in [1.165, 1.54) is 12.1 Å². The number of nitrogens with zero attached hydrogens (tertiary/aromatic N) is 1. The highest BCUT2D eigenvalue weighted by Gasteiger charge is 2.10. The van der Waals surface area contributed by atoms with Gasteiger partial charge in [-0.15, -0.1) is 0 Å². The van der Waals surface area contributed by atoms with Gasteiger partial charge in [0.25, 0.3) is 0 Å². The molecule has 5 heteroatoms. The number of rotatable bonds is 0. The Kier molecular flexibility index (Phi) is 5.42. The van der Waals surface area contributed by atoms with E-state index >= 15 is 0 Å². The van der Waals surface area contributed by atoms with Gasteiger partial charge in [-0.1, -0.05) is 6.07 Å². The SMILES string of the molecule is CC(=O)N1CCNCC1.Nc1cccc(F)c1. The summed E-state index contributed by atoms with van der Waals surface area (Å²) in [4.78, 5) is 12.6. The number of anilines is 1. The number of halogens is 1. The minimum Gasteiger partial charge on any atom is -0.399 e. The van der Waals surface area contributed by atoms with Gasteiger partial charge in [-0.25, -0.2) is 4.39 Å². The van der Waals surface area contributed by atoms with Crippen LogP contribution in [0.5, 0.6) is 0 Å². The molecule has 1 aliphatic heterocycles. The van der Waals surface area contributed by atoms with Crippen LogP contribution in [0.1, 0.15) is 6.92 Å². The van der Waals surface area contributed by atoms with Crippen molar-refractivity contribution in [2.75, 3.05) is 31.9 Å². The minimum absolute atomic E-state index is 0.191. The van der Waals surface area contributed by atoms with Gasteiger partial charge in [-0.05, 0) is 18.2 Å². The number of benzene rings is 1. The molecule has 1 aromatic carbocycles. The molecule has 94 valence electrons. The molecule has 0 atom stereocenters. The normalized spacial score (nSPS) is 14.8. The summed E-state index contributed by atoms with van der Waals surface area (Å²) in [6, 6.07) is 5.85. The molecule has 3 N–H and O–H groups in total. The first-order valence-corrected chi connectivity index (χ1v) is 5.57. The third-order valence-corrected chi connectivity index (χ3v) is 2.41. The van der Waals surface area contributed by atoms with Gasteiger partial charge in [-0.3, -0.25) is 4.79 Å². The molecule has 2 rings (SSSR count). The average Bonchev–Trinajstić information content (AvgIpc) is 2.30. The lowest BCUT2D eigenvalue weighted by atomic mass is 10.3. The van der Waals surface area contributed by atoms with Gasteiger partial charge in [0, 0.05) is 38.8 Å². The van der Waals surface area contributed by atoms with E-state index in [9.17, 15) is 9.18 Å². The molecule has 0 aliphatic carbocycles. The second-order valence-corrected chi connectivity index (χ2v) is 3.81. The predicted octanol–water partition coefficient (Wildman–Crippen LogP) is 0.846. The molecule has 1 heterocycles. The first kappa shape index (κ1) is 13.4. The van der Waals surface area contributed by atoms with E-state index in [4.69, 9.17) is 5.73 Å². The summed E-state index contributed by atoms with van der Waals surface area (Å²) < 4.78 is 12.1. The predicted molar refractivity (Wildman–Crippen MR) is 65.9 cm³/mol. The lowest BCUT2D eigenvalue weighted by Crippen LogP contribution is -2.45. The van der Waals surface area contributed by atoms with Crippen LogP contribution < -0.4 is 11.1 Å². The first-order valence-electron chi connectivity index (χ1n) is 5.57. The van der Waals surface area contributed by atoms with Crippen LogP contribution in [0.15, 0.2) is 24.3 Å². The van der Waals surface area contributed by atoms with Crippen molar-refractivity contribution in [2.24, 2.45) is 0 Å². The minimum atomic E-state index is -0.287. The summed E-state index contributed by atoms with van der Waals surface area (Å²) in [5.74, 6) is -0.0958. The highest BCUT2D eigenvalue weighted by molar-refractivity contribution is 5.73. The molecule has 4 nitrogen and oxygen atoms in total. The summed E-state index contributed by atoms with van der Waals surface area (Å²) in [5, 5.41) is 3.18. The van der Waals surface area contributed by atoms with Crippen LogP contribution in [0.4, 0.5) is 10.1 Å². The monoisotopic (exact) mass is 239 g/mol. The molecule has 0 radical (unpaired) electrons. The van der Waals surface area contributed by atoms with Crippen molar-refractivity contribution in [3.05, 3.63) is 30.1 Å². The number of hydrogen-bond donors (Lipinski definition) is 2. The molecule has 1 amide bonds. The number of hydrogen-bond acceptors (Lipinski definition) is 3. The van der Waals surface area contributed by atoms with Crippen LogP contribution >= 0.6 is 0 Å². The van der Waals surface area contributed by atoms with E-state index in [1.54, 1.807) is 19.1 Å². The Morgan fingerprint density at radius 2 is 2.06 bits per heavy atom. The summed E-state index contributed by atoms with van der Waals surface area (Å²) in [7, 11) is 0. The topological polar surface area (TPSA) is 58.4 Å². The van der Waals surface area contributed by atoms with E-state index in [1.807, 2.05) is 4.90 Å². The zero-order chi connectivity index (χ0) is 12.7. The number of nitrogen functional groups attached to an aromatic ring is 1. The van der Waals surface area contributed by atoms with Crippen molar-refractivity contribution in [1.29, 1.82) is 0 Å². The van der Waals surface area contributed by atoms with Crippen molar-refractivity contribution in [1.82, 2.24) is 10.2 Å². The Balaban J connectivity index is 0.000000171. The number of piperazine rings is 1. The summed E-state index contributed by atoms with van der Waals surface area (Å²) in [6.07, 6.45) is 0. The summed E-state index contributed by atoms with van der Waals surface area (Å²) in [6.45, 7) is 5.25. The van der Waals surface area contributed by atoms with E-state index in [2.05, 4.69) is 5.32 Å². The van der Waals surface area contributed by atoms with Crippen LogP contribution in [0.3, 0.4) is 0 Å². The lowest BCUT2D eigenvalue weighted by molar-refractivity contribution is -0.129. The number of carbonyl (C=O) groups excluding carboxylic acids is 1. The smallest absolute Gasteiger partial charge is 0.219 e. The molecule has 0 spiro atoms. The second kappa shape index (κ2) is 6.85. The highest BCUT2D eigenvalue weighted by Crippen LogP contribution is 2.02. The quantitative estimate of drug-likeness (QED) is 0.660. The molecule has 0 saturated carbocycles. The second-order valence-electron chi connectivity index (χ2n) is 3.81.